The van der Waals surface area contributed by atoms with Gasteiger partial charge < -0.3 is 14.5 Å². The van der Waals surface area contributed by atoms with Gasteiger partial charge in [0.15, 0.2) is 0 Å². The first kappa shape index (κ1) is 15.8. The lowest BCUT2D eigenvalue weighted by Crippen LogP contribution is -2.50. The third-order valence-corrected chi connectivity index (χ3v) is 3.56. The topological polar surface area (TPSA) is 73.6 Å². The highest BCUT2D eigenvalue weighted by Gasteiger charge is 2.24. The summed E-state index contributed by atoms with van der Waals surface area (Å²) in [5, 5.41) is 8.54. The molecule has 1 saturated heterocycles. The van der Waals surface area contributed by atoms with E-state index in [1.807, 2.05) is 13.0 Å². The van der Waals surface area contributed by atoms with Crippen LogP contribution < -0.4 is 4.74 Å². The average Bonchev–Trinajstić information content (AvgIpc) is 2.55. The van der Waals surface area contributed by atoms with E-state index in [9.17, 15) is 9.59 Å². The Morgan fingerprint density at radius 1 is 1.14 bits per heavy atom. The quantitative estimate of drug-likeness (QED) is 0.840. The van der Waals surface area contributed by atoms with Crippen molar-refractivity contribution in [3.8, 4) is 11.8 Å². The number of carbonyl (C=O) groups excluding carboxylic acids is 2. The van der Waals surface area contributed by atoms with Gasteiger partial charge in [0, 0.05) is 31.7 Å². The van der Waals surface area contributed by atoms with Crippen molar-refractivity contribution in [3.05, 3.63) is 29.8 Å². The highest BCUT2D eigenvalue weighted by Crippen LogP contribution is 2.15. The van der Waals surface area contributed by atoms with Crippen LogP contribution in [0.4, 0.5) is 0 Å². The fourth-order valence-corrected chi connectivity index (χ4v) is 2.38. The molecule has 1 aromatic carbocycles. The Hall–Kier alpha value is -2.55. The van der Waals surface area contributed by atoms with Gasteiger partial charge in [0.2, 0.25) is 5.91 Å². The largest absolute Gasteiger partial charge is 0.494 e. The van der Waals surface area contributed by atoms with E-state index in [1.165, 1.54) is 0 Å². The van der Waals surface area contributed by atoms with Crippen LogP contribution in [0.3, 0.4) is 0 Å². The van der Waals surface area contributed by atoms with Crippen molar-refractivity contribution in [1.29, 1.82) is 5.26 Å². The molecule has 1 aliphatic rings. The molecule has 116 valence electrons. The molecule has 1 fully saturated rings. The molecule has 1 aliphatic heterocycles. The van der Waals surface area contributed by atoms with Crippen molar-refractivity contribution in [2.24, 2.45) is 0 Å². The van der Waals surface area contributed by atoms with Gasteiger partial charge in [-0.15, -0.1) is 0 Å². The zero-order valence-corrected chi connectivity index (χ0v) is 12.6. The summed E-state index contributed by atoms with van der Waals surface area (Å²) in [5.74, 6) is 0.525. The van der Waals surface area contributed by atoms with Crippen LogP contribution in [0.25, 0.3) is 0 Å². The number of hydrogen-bond acceptors (Lipinski definition) is 4. The second-order valence-electron chi connectivity index (χ2n) is 4.97. The molecule has 0 spiro atoms. The summed E-state index contributed by atoms with van der Waals surface area (Å²) in [6.07, 6.45) is -0.104. The first-order chi connectivity index (χ1) is 10.7. The van der Waals surface area contributed by atoms with Gasteiger partial charge in [0.1, 0.15) is 12.2 Å². The van der Waals surface area contributed by atoms with E-state index in [1.54, 1.807) is 34.1 Å². The van der Waals surface area contributed by atoms with Crippen LogP contribution in [0.15, 0.2) is 24.3 Å². The summed E-state index contributed by atoms with van der Waals surface area (Å²) in [7, 11) is 0. The Bertz CT molecular complexity index is 569. The van der Waals surface area contributed by atoms with Crippen LogP contribution in [-0.4, -0.2) is 54.4 Å². The fourth-order valence-electron chi connectivity index (χ4n) is 2.38. The standard InChI is InChI=1S/C16H19N3O3/c1-2-22-14-5-3-13(4-6-14)16(21)19-11-9-18(10-12-19)15(20)7-8-17/h3-6H,2,7,9-12H2,1H3. The van der Waals surface area contributed by atoms with Crippen LogP contribution in [-0.2, 0) is 4.79 Å². The first-order valence-electron chi connectivity index (χ1n) is 7.32. The molecule has 1 aromatic rings. The minimum atomic E-state index is -0.171. The second kappa shape index (κ2) is 7.46. The summed E-state index contributed by atoms with van der Waals surface area (Å²) in [6, 6.07) is 8.92. The predicted molar refractivity (Wildman–Crippen MR) is 80.3 cm³/mol. The lowest BCUT2D eigenvalue weighted by molar-refractivity contribution is -0.131. The smallest absolute Gasteiger partial charge is 0.253 e. The Balaban J connectivity index is 1.92. The Kier molecular flexibility index (Phi) is 5.37. The molecule has 0 unspecified atom stereocenters. The fraction of sp³-hybridized carbons (Fsp3) is 0.438. The van der Waals surface area contributed by atoms with Crippen LogP contribution in [0.1, 0.15) is 23.7 Å². The van der Waals surface area contributed by atoms with Crippen LogP contribution in [0.5, 0.6) is 5.75 Å². The number of carbonyl (C=O) groups is 2. The monoisotopic (exact) mass is 301 g/mol. The Morgan fingerprint density at radius 3 is 2.27 bits per heavy atom. The molecule has 0 bridgehead atoms. The third-order valence-electron chi connectivity index (χ3n) is 3.56. The molecule has 2 amide bonds. The Labute approximate surface area is 129 Å². The lowest BCUT2D eigenvalue weighted by atomic mass is 10.1. The van der Waals surface area contributed by atoms with Crippen LogP contribution >= 0.6 is 0 Å². The number of amides is 2. The van der Waals surface area contributed by atoms with Crippen molar-refractivity contribution >= 4 is 11.8 Å². The minimum absolute atomic E-state index is 0.0459. The molecular formula is C16H19N3O3. The number of ether oxygens (including phenoxy) is 1. The summed E-state index contributed by atoms with van der Waals surface area (Å²) < 4.78 is 5.35. The summed E-state index contributed by atoms with van der Waals surface area (Å²) in [4.78, 5) is 27.4. The van der Waals surface area contributed by atoms with E-state index >= 15 is 0 Å². The maximum atomic E-state index is 12.4. The molecular weight excluding hydrogens is 282 g/mol. The lowest BCUT2D eigenvalue weighted by Gasteiger charge is -2.34. The number of rotatable bonds is 4. The zero-order chi connectivity index (χ0) is 15.9. The molecule has 0 saturated carbocycles. The molecule has 2 rings (SSSR count). The third kappa shape index (κ3) is 3.76. The van der Waals surface area contributed by atoms with Crippen molar-refractivity contribution in [2.45, 2.75) is 13.3 Å². The highest BCUT2D eigenvalue weighted by molar-refractivity contribution is 5.94. The van der Waals surface area contributed by atoms with Gasteiger partial charge in [0.25, 0.3) is 5.91 Å². The SMILES string of the molecule is CCOc1ccc(C(=O)N2CCN(C(=O)CC#N)CC2)cc1. The van der Waals surface area contributed by atoms with Crippen molar-refractivity contribution < 1.29 is 14.3 Å². The van der Waals surface area contributed by atoms with E-state index in [2.05, 4.69) is 0 Å². The summed E-state index contributed by atoms with van der Waals surface area (Å²) in [6.45, 7) is 4.43. The number of benzene rings is 1. The van der Waals surface area contributed by atoms with Crippen LogP contribution in [0.2, 0.25) is 0 Å². The summed E-state index contributed by atoms with van der Waals surface area (Å²) >= 11 is 0. The van der Waals surface area contributed by atoms with Crippen LogP contribution in [0, 0.1) is 11.3 Å². The van der Waals surface area contributed by atoms with Gasteiger partial charge in [-0.25, -0.2) is 0 Å². The normalized spacial score (nSPS) is 14.4. The molecule has 1 heterocycles. The minimum Gasteiger partial charge on any atom is -0.494 e. The Morgan fingerprint density at radius 2 is 1.73 bits per heavy atom. The van der Waals surface area contributed by atoms with Gasteiger partial charge in [-0.05, 0) is 31.2 Å². The number of piperazine rings is 1. The number of hydrogen-bond donors (Lipinski definition) is 0. The van der Waals surface area contributed by atoms with E-state index in [0.717, 1.165) is 5.75 Å². The van der Waals surface area contributed by atoms with E-state index in [-0.39, 0.29) is 18.2 Å². The summed E-state index contributed by atoms with van der Waals surface area (Å²) in [5.41, 5.74) is 0.611. The predicted octanol–water partition coefficient (Wildman–Crippen LogP) is 1.28. The molecule has 0 atom stereocenters. The van der Waals surface area contributed by atoms with E-state index in [4.69, 9.17) is 10.00 Å². The molecule has 0 N–H and O–H groups in total. The van der Waals surface area contributed by atoms with E-state index < -0.39 is 0 Å². The van der Waals surface area contributed by atoms with Gasteiger partial charge in [-0.1, -0.05) is 0 Å². The van der Waals surface area contributed by atoms with E-state index in [0.29, 0.717) is 38.3 Å². The molecule has 0 aliphatic carbocycles. The van der Waals surface area contributed by atoms with Crippen molar-refractivity contribution in [3.63, 3.8) is 0 Å². The highest BCUT2D eigenvalue weighted by atomic mass is 16.5. The second-order valence-corrected chi connectivity index (χ2v) is 4.97. The van der Waals surface area contributed by atoms with Gasteiger partial charge >= 0.3 is 0 Å². The van der Waals surface area contributed by atoms with Gasteiger partial charge in [-0.2, -0.15) is 5.26 Å². The van der Waals surface area contributed by atoms with Crippen molar-refractivity contribution in [2.75, 3.05) is 32.8 Å². The molecule has 6 nitrogen and oxygen atoms in total. The first-order valence-corrected chi connectivity index (χ1v) is 7.32. The molecule has 6 heteroatoms. The van der Waals surface area contributed by atoms with Gasteiger partial charge in [0.05, 0.1) is 12.7 Å². The number of nitrogens with zero attached hydrogens (tertiary/aromatic N) is 3. The molecule has 0 aromatic heterocycles. The molecule has 0 radical (unpaired) electrons. The molecule has 22 heavy (non-hydrogen) atoms. The number of nitriles is 1. The average molecular weight is 301 g/mol. The van der Waals surface area contributed by atoms with Crippen molar-refractivity contribution in [1.82, 2.24) is 9.80 Å². The zero-order valence-electron chi connectivity index (χ0n) is 12.6. The maximum Gasteiger partial charge on any atom is 0.253 e. The maximum absolute atomic E-state index is 12.4. The van der Waals surface area contributed by atoms with Gasteiger partial charge in [-0.3, -0.25) is 9.59 Å².